The summed E-state index contributed by atoms with van der Waals surface area (Å²) in [6.07, 6.45) is -0.232. The number of hydrogen-bond donors (Lipinski definition) is 2. The summed E-state index contributed by atoms with van der Waals surface area (Å²) in [4.78, 5) is 11.0. The van der Waals surface area contributed by atoms with E-state index in [0.717, 1.165) is 0 Å². The normalized spacial score (nSPS) is 14.2. The van der Waals surface area contributed by atoms with Crippen molar-refractivity contribution in [3.05, 3.63) is 29.8 Å². The topological polar surface area (TPSA) is 58.6 Å². The maximum absolute atomic E-state index is 12.4. The van der Waals surface area contributed by atoms with Crippen LogP contribution in [0.3, 0.4) is 0 Å². The van der Waals surface area contributed by atoms with E-state index in [2.05, 4.69) is 10.1 Å². The van der Waals surface area contributed by atoms with Crippen LogP contribution >= 0.6 is 0 Å². The fourth-order valence-corrected chi connectivity index (χ4v) is 2.07. The van der Waals surface area contributed by atoms with Gasteiger partial charge in [-0.3, -0.25) is 4.79 Å². The van der Waals surface area contributed by atoms with E-state index < -0.39 is 18.1 Å². The van der Waals surface area contributed by atoms with E-state index in [1.165, 1.54) is 6.07 Å². The van der Waals surface area contributed by atoms with Crippen molar-refractivity contribution in [2.45, 2.75) is 32.4 Å². The van der Waals surface area contributed by atoms with E-state index in [4.69, 9.17) is 5.11 Å². The minimum atomic E-state index is -2.95. The highest BCUT2D eigenvalue weighted by molar-refractivity contribution is 5.69. The fraction of sp³-hybridized carbons (Fsp3) is 0.462. The minimum absolute atomic E-state index is 0.0119. The Hall–Kier alpha value is -1.69. The number of ether oxygens (including phenoxy) is 1. The molecule has 0 saturated carbocycles. The quantitative estimate of drug-likeness (QED) is 0.801. The molecule has 1 rings (SSSR count). The van der Waals surface area contributed by atoms with Gasteiger partial charge in [0.05, 0.1) is 12.0 Å². The smallest absolute Gasteiger partial charge is 0.387 e. The molecule has 0 bridgehead atoms. The van der Waals surface area contributed by atoms with Gasteiger partial charge < -0.3 is 15.2 Å². The van der Waals surface area contributed by atoms with Gasteiger partial charge in [-0.1, -0.05) is 25.1 Å². The van der Waals surface area contributed by atoms with Gasteiger partial charge in [0, 0.05) is 5.56 Å². The first kappa shape index (κ1) is 15.4. The van der Waals surface area contributed by atoms with Gasteiger partial charge in [-0.2, -0.15) is 8.78 Å². The SMILES string of the molecule is CCNC(C)(CC(=O)O)c1ccccc1OC(F)F. The maximum Gasteiger partial charge on any atom is 0.387 e. The molecular formula is C13H17F2NO3. The lowest BCUT2D eigenvalue weighted by Gasteiger charge is -2.31. The molecule has 6 heteroatoms. The van der Waals surface area contributed by atoms with E-state index in [0.29, 0.717) is 12.1 Å². The molecule has 2 N–H and O–H groups in total. The first-order valence-electron chi connectivity index (χ1n) is 5.90. The van der Waals surface area contributed by atoms with Gasteiger partial charge in [0.1, 0.15) is 5.75 Å². The van der Waals surface area contributed by atoms with Crippen molar-refractivity contribution in [1.29, 1.82) is 0 Å². The summed E-state index contributed by atoms with van der Waals surface area (Å²) >= 11 is 0. The highest BCUT2D eigenvalue weighted by atomic mass is 19.3. The Morgan fingerprint density at radius 3 is 2.63 bits per heavy atom. The molecule has 0 fully saturated rings. The van der Waals surface area contributed by atoms with Crippen molar-refractivity contribution in [2.24, 2.45) is 0 Å². The number of carboxylic acids is 1. The second kappa shape index (κ2) is 6.47. The van der Waals surface area contributed by atoms with Crippen LogP contribution in [-0.4, -0.2) is 24.2 Å². The lowest BCUT2D eigenvalue weighted by Crippen LogP contribution is -2.41. The first-order chi connectivity index (χ1) is 8.89. The molecule has 1 aromatic rings. The largest absolute Gasteiger partial charge is 0.481 e. The van der Waals surface area contributed by atoms with Gasteiger partial charge in [0.25, 0.3) is 0 Å². The Morgan fingerprint density at radius 1 is 1.47 bits per heavy atom. The number of para-hydroxylation sites is 1. The Morgan fingerprint density at radius 2 is 2.11 bits per heavy atom. The van der Waals surface area contributed by atoms with Gasteiger partial charge >= 0.3 is 12.6 Å². The summed E-state index contributed by atoms with van der Waals surface area (Å²) in [5.74, 6) is -1.03. The molecule has 1 unspecified atom stereocenters. The van der Waals surface area contributed by atoms with Gasteiger partial charge in [0.15, 0.2) is 0 Å². The van der Waals surface area contributed by atoms with Crippen LogP contribution in [0.5, 0.6) is 5.75 Å². The van der Waals surface area contributed by atoms with Gasteiger partial charge in [0.2, 0.25) is 0 Å². The summed E-state index contributed by atoms with van der Waals surface area (Å²) in [7, 11) is 0. The zero-order chi connectivity index (χ0) is 14.5. The fourth-order valence-electron chi connectivity index (χ4n) is 2.07. The van der Waals surface area contributed by atoms with E-state index in [1.54, 1.807) is 25.1 Å². The number of nitrogens with one attached hydrogen (secondary N) is 1. The van der Waals surface area contributed by atoms with Crippen molar-refractivity contribution >= 4 is 5.97 Å². The average molecular weight is 273 g/mol. The predicted molar refractivity (Wildman–Crippen MR) is 66.4 cm³/mol. The zero-order valence-corrected chi connectivity index (χ0v) is 10.8. The third-order valence-corrected chi connectivity index (χ3v) is 2.77. The number of benzene rings is 1. The van der Waals surface area contributed by atoms with Crippen LogP contribution in [0.4, 0.5) is 8.78 Å². The highest BCUT2D eigenvalue weighted by Crippen LogP contribution is 2.33. The predicted octanol–water partition coefficient (Wildman–Crippen LogP) is 2.59. The molecule has 19 heavy (non-hydrogen) atoms. The Bertz CT molecular complexity index is 440. The number of alkyl halides is 2. The Balaban J connectivity index is 3.17. The molecular weight excluding hydrogens is 256 g/mol. The minimum Gasteiger partial charge on any atom is -0.481 e. The van der Waals surface area contributed by atoms with Crippen LogP contribution < -0.4 is 10.1 Å². The van der Waals surface area contributed by atoms with Crippen LogP contribution in [0.2, 0.25) is 0 Å². The summed E-state index contributed by atoms with van der Waals surface area (Å²) < 4.78 is 29.2. The van der Waals surface area contributed by atoms with Gasteiger partial charge in [-0.05, 0) is 19.5 Å². The molecule has 0 aliphatic heterocycles. The van der Waals surface area contributed by atoms with Crippen LogP contribution in [0.1, 0.15) is 25.8 Å². The van der Waals surface area contributed by atoms with Crippen LogP contribution in [0, 0.1) is 0 Å². The third kappa shape index (κ3) is 4.17. The number of hydrogen-bond acceptors (Lipinski definition) is 3. The third-order valence-electron chi connectivity index (χ3n) is 2.77. The van der Waals surface area contributed by atoms with Crippen LogP contribution in [0.15, 0.2) is 24.3 Å². The number of halogens is 2. The van der Waals surface area contributed by atoms with Crippen LogP contribution in [0.25, 0.3) is 0 Å². The second-order valence-corrected chi connectivity index (χ2v) is 4.31. The van der Waals surface area contributed by atoms with Crippen molar-refractivity contribution < 1.29 is 23.4 Å². The van der Waals surface area contributed by atoms with Gasteiger partial charge in [-0.15, -0.1) is 0 Å². The van der Waals surface area contributed by atoms with Crippen molar-refractivity contribution in [3.63, 3.8) is 0 Å². The van der Waals surface area contributed by atoms with E-state index in [9.17, 15) is 13.6 Å². The van der Waals surface area contributed by atoms with Crippen molar-refractivity contribution in [3.8, 4) is 5.75 Å². The summed E-state index contributed by atoms with van der Waals surface area (Å²) in [6.45, 7) is 1.03. The molecule has 0 saturated heterocycles. The number of aliphatic carboxylic acids is 1. The van der Waals surface area contributed by atoms with Gasteiger partial charge in [-0.25, -0.2) is 0 Å². The molecule has 4 nitrogen and oxygen atoms in total. The summed E-state index contributed by atoms with van der Waals surface area (Å²) in [6, 6.07) is 6.21. The average Bonchev–Trinajstić information content (AvgIpc) is 2.27. The molecule has 0 heterocycles. The Kier molecular flexibility index (Phi) is 5.23. The molecule has 106 valence electrons. The Labute approximate surface area is 110 Å². The lowest BCUT2D eigenvalue weighted by molar-refractivity contribution is -0.138. The van der Waals surface area contributed by atoms with Crippen LogP contribution in [-0.2, 0) is 10.3 Å². The number of carboxylic acid groups (broad SMARTS) is 1. The molecule has 0 aliphatic carbocycles. The second-order valence-electron chi connectivity index (χ2n) is 4.31. The zero-order valence-electron chi connectivity index (χ0n) is 10.8. The maximum atomic E-state index is 12.4. The van der Waals surface area contributed by atoms with Crippen molar-refractivity contribution in [1.82, 2.24) is 5.32 Å². The molecule has 0 amide bonds. The molecule has 1 aromatic carbocycles. The monoisotopic (exact) mass is 273 g/mol. The molecule has 0 aliphatic rings. The highest BCUT2D eigenvalue weighted by Gasteiger charge is 2.32. The standard InChI is InChI=1S/C13H17F2NO3/c1-3-16-13(2,8-11(17)18)9-6-4-5-7-10(9)19-12(14)15/h4-7,12,16H,3,8H2,1-2H3,(H,17,18). The molecule has 1 atom stereocenters. The molecule has 0 radical (unpaired) electrons. The first-order valence-corrected chi connectivity index (χ1v) is 5.90. The lowest BCUT2D eigenvalue weighted by atomic mass is 9.87. The summed E-state index contributed by atoms with van der Waals surface area (Å²) in [5.41, 5.74) is -0.564. The van der Waals surface area contributed by atoms with E-state index >= 15 is 0 Å². The number of carbonyl (C=O) groups is 1. The van der Waals surface area contributed by atoms with E-state index in [-0.39, 0.29) is 12.2 Å². The molecule has 0 aromatic heterocycles. The van der Waals surface area contributed by atoms with Crippen molar-refractivity contribution in [2.75, 3.05) is 6.54 Å². The van der Waals surface area contributed by atoms with E-state index in [1.807, 2.05) is 6.92 Å². The summed E-state index contributed by atoms with van der Waals surface area (Å²) in [5, 5.41) is 12.0. The number of rotatable bonds is 7. The molecule has 0 spiro atoms.